The lowest BCUT2D eigenvalue weighted by Crippen LogP contribution is -2.59. The van der Waals surface area contributed by atoms with Crippen molar-refractivity contribution in [1.82, 2.24) is 10.2 Å². The highest BCUT2D eigenvalue weighted by Crippen LogP contribution is 2.33. The number of esters is 1. The van der Waals surface area contributed by atoms with E-state index >= 15 is 0 Å². The number of rotatable bonds is 5. The van der Waals surface area contributed by atoms with Crippen molar-refractivity contribution < 1.29 is 14.3 Å². The number of hydrogen-bond donors (Lipinski definition) is 1. The van der Waals surface area contributed by atoms with Crippen molar-refractivity contribution in [2.24, 2.45) is 0 Å². The molecule has 1 saturated heterocycles. The third-order valence-electron chi connectivity index (χ3n) is 5.14. The second kappa shape index (κ2) is 7.56. The standard InChI is InChI=1S/C16H30N2O3/c1-4-17-16(15(19)21-3)9-5-6-13(12-16)18-10-7-14(20-2)8-11-18/h13-14,17H,4-12H2,1-3H3. The van der Waals surface area contributed by atoms with Crippen LogP contribution in [0.15, 0.2) is 0 Å². The molecular weight excluding hydrogens is 268 g/mol. The van der Waals surface area contributed by atoms with Gasteiger partial charge < -0.3 is 19.7 Å². The fourth-order valence-corrected chi connectivity index (χ4v) is 3.99. The molecule has 0 aromatic rings. The van der Waals surface area contributed by atoms with Crippen LogP contribution >= 0.6 is 0 Å². The molecule has 5 nitrogen and oxygen atoms in total. The van der Waals surface area contributed by atoms with E-state index in [-0.39, 0.29) is 5.97 Å². The maximum absolute atomic E-state index is 12.3. The van der Waals surface area contributed by atoms with E-state index in [9.17, 15) is 4.79 Å². The van der Waals surface area contributed by atoms with Crippen molar-refractivity contribution in [2.45, 2.75) is 63.1 Å². The van der Waals surface area contributed by atoms with E-state index in [1.54, 1.807) is 7.11 Å². The molecule has 1 heterocycles. The second-order valence-corrected chi connectivity index (χ2v) is 6.33. The number of methoxy groups -OCH3 is 2. The smallest absolute Gasteiger partial charge is 0.326 e. The van der Waals surface area contributed by atoms with E-state index in [4.69, 9.17) is 9.47 Å². The molecule has 2 unspecified atom stereocenters. The molecule has 21 heavy (non-hydrogen) atoms. The number of likely N-dealkylation sites (N-methyl/N-ethyl adjacent to an activating group) is 1. The zero-order valence-electron chi connectivity index (χ0n) is 13.7. The molecule has 5 heteroatoms. The Kier molecular flexibility index (Phi) is 6.02. The predicted octanol–water partition coefficient (Wildman–Crippen LogP) is 1.56. The summed E-state index contributed by atoms with van der Waals surface area (Å²) < 4.78 is 10.5. The fraction of sp³-hybridized carbons (Fsp3) is 0.938. The zero-order valence-corrected chi connectivity index (χ0v) is 13.7. The number of piperidine rings is 1. The largest absolute Gasteiger partial charge is 0.468 e. The van der Waals surface area contributed by atoms with Crippen molar-refractivity contribution in [3.05, 3.63) is 0 Å². The Bertz CT molecular complexity index is 338. The maximum Gasteiger partial charge on any atom is 0.326 e. The topological polar surface area (TPSA) is 50.8 Å². The molecule has 0 radical (unpaired) electrons. The van der Waals surface area contributed by atoms with Crippen LogP contribution < -0.4 is 5.32 Å². The van der Waals surface area contributed by atoms with E-state index in [0.29, 0.717) is 12.1 Å². The minimum absolute atomic E-state index is 0.0965. The van der Waals surface area contributed by atoms with Gasteiger partial charge in [0.15, 0.2) is 0 Å². The second-order valence-electron chi connectivity index (χ2n) is 6.33. The Morgan fingerprint density at radius 1 is 1.29 bits per heavy atom. The number of likely N-dealkylation sites (tertiary alicyclic amines) is 1. The average Bonchev–Trinajstić information content (AvgIpc) is 2.54. The predicted molar refractivity (Wildman–Crippen MR) is 82.3 cm³/mol. The van der Waals surface area contributed by atoms with Gasteiger partial charge in [0.05, 0.1) is 13.2 Å². The number of hydrogen-bond acceptors (Lipinski definition) is 5. The number of ether oxygens (including phenoxy) is 2. The van der Waals surface area contributed by atoms with Crippen LogP contribution in [-0.4, -0.2) is 62.4 Å². The van der Waals surface area contributed by atoms with E-state index in [2.05, 4.69) is 17.1 Å². The summed E-state index contributed by atoms with van der Waals surface area (Å²) in [4.78, 5) is 14.8. The van der Waals surface area contributed by atoms with Crippen molar-refractivity contribution in [3.8, 4) is 0 Å². The molecular formula is C16H30N2O3. The first-order chi connectivity index (χ1) is 10.1. The lowest BCUT2D eigenvalue weighted by atomic mass is 9.77. The van der Waals surface area contributed by atoms with Gasteiger partial charge in [-0.3, -0.25) is 4.79 Å². The highest BCUT2D eigenvalue weighted by atomic mass is 16.5. The first-order valence-electron chi connectivity index (χ1n) is 8.25. The molecule has 122 valence electrons. The van der Waals surface area contributed by atoms with Crippen LogP contribution in [0.4, 0.5) is 0 Å². The van der Waals surface area contributed by atoms with Gasteiger partial charge in [-0.05, 0) is 45.1 Å². The molecule has 0 amide bonds. The van der Waals surface area contributed by atoms with E-state index in [1.165, 1.54) is 13.5 Å². The minimum Gasteiger partial charge on any atom is -0.468 e. The van der Waals surface area contributed by atoms with Gasteiger partial charge >= 0.3 is 5.97 Å². The molecule has 1 aliphatic carbocycles. The highest BCUT2D eigenvalue weighted by Gasteiger charge is 2.44. The third-order valence-corrected chi connectivity index (χ3v) is 5.14. The van der Waals surface area contributed by atoms with Crippen molar-refractivity contribution in [3.63, 3.8) is 0 Å². The molecule has 0 aromatic heterocycles. The highest BCUT2D eigenvalue weighted by molar-refractivity contribution is 5.81. The van der Waals surface area contributed by atoms with Gasteiger partial charge in [0.25, 0.3) is 0 Å². The first-order valence-corrected chi connectivity index (χ1v) is 8.25. The van der Waals surface area contributed by atoms with Crippen molar-refractivity contribution in [2.75, 3.05) is 33.9 Å². The summed E-state index contributed by atoms with van der Waals surface area (Å²) in [6.45, 7) is 5.01. The van der Waals surface area contributed by atoms with E-state index in [0.717, 1.165) is 51.7 Å². The Morgan fingerprint density at radius 3 is 2.57 bits per heavy atom. The molecule has 1 N–H and O–H groups in total. The first kappa shape index (κ1) is 16.7. The Labute approximate surface area is 128 Å². The van der Waals surface area contributed by atoms with E-state index < -0.39 is 5.54 Å². The third kappa shape index (κ3) is 3.76. The van der Waals surface area contributed by atoms with Crippen LogP contribution in [0.1, 0.15) is 45.4 Å². The molecule has 1 aliphatic heterocycles. The SMILES string of the molecule is CCNC1(C(=O)OC)CCCC(N2CCC(OC)CC2)C1. The summed E-state index contributed by atoms with van der Waals surface area (Å²) in [7, 11) is 3.30. The van der Waals surface area contributed by atoms with Gasteiger partial charge in [-0.25, -0.2) is 0 Å². The number of nitrogens with one attached hydrogen (secondary N) is 1. The Balaban J connectivity index is 2.00. The number of nitrogens with zero attached hydrogens (tertiary/aromatic N) is 1. The quantitative estimate of drug-likeness (QED) is 0.781. The number of carbonyl (C=O) groups is 1. The lowest BCUT2D eigenvalue weighted by molar-refractivity contribution is -0.151. The summed E-state index contributed by atoms with van der Waals surface area (Å²) in [6, 6.07) is 0.481. The Morgan fingerprint density at radius 2 is 2.00 bits per heavy atom. The lowest BCUT2D eigenvalue weighted by Gasteiger charge is -2.45. The van der Waals surface area contributed by atoms with Crippen LogP contribution in [0, 0.1) is 0 Å². The van der Waals surface area contributed by atoms with E-state index in [1.807, 2.05) is 0 Å². The van der Waals surface area contributed by atoms with Gasteiger partial charge in [-0.1, -0.05) is 6.92 Å². The zero-order chi connectivity index (χ0) is 15.3. The summed E-state index contributed by atoms with van der Waals surface area (Å²) in [5, 5.41) is 3.41. The molecule has 2 atom stereocenters. The molecule has 0 aromatic carbocycles. The van der Waals surface area contributed by atoms with Gasteiger partial charge in [-0.2, -0.15) is 0 Å². The van der Waals surface area contributed by atoms with Gasteiger partial charge in [0.2, 0.25) is 0 Å². The van der Waals surface area contributed by atoms with Crippen molar-refractivity contribution >= 4 is 5.97 Å². The fourth-order valence-electron chi connectivity index (χ4n) is 3.99. The summed E-state index contributed by atoms with van der Waals surface area (Å²) in [5.74, 6) is -0.0965. The Hall–Kier alpha value is -0.650. The van der Waals surface area contributed by atoms with Crippen LogP contribution in [-0.2, 0) is 14.3 Å². The molecule has 2 fully saturated rings. The maximum atomic E-state index is 12.3. The van der Waals surface area contributed by atoms with Crippen LogP contribution in [0.25, 0.3) is 0 Å². The van der Waals surface area contributed by atoms with Crippen LogP contribution in [0.2, 0.25) is 0 Å². The molecule has 1 saturated carbocycles. The van der Waals surface area contributed by atoms with Gasteiger partial charge in [-0.15, -0.1) is 0 Å². The summed E-state index contributed by atoms with van der Waals surface area (Å²) in [6.07, 6.45) is 6.62. The van der Waals surface area contributed by atoms with Crippen LogP contribution in [0.3, 0.4) is 0 Å². The summed E-state index contributed by atoms with van der Waals surface area (Å²) in [5.41, 5.74) is -0.482. The van der Waals surface area contributed by atoms with Gasteiger partial charge in [0.1, 0.15) is 5.54 Å². The number of carbonyl (C=O) groups excluding carboxylic acids is 1. The van der Waals surface area contributed by atoms with Crippen molar-refractivity contribution in [1.29, 1.82) is 0 Å². The average molecular weight is 298 g/mol. The minimum atomic E-state index is -0.482. The molecule has 0 spiro atoms. The molecule has 2 aliphatic rings. The molecule has 0 bridgehead atoms. The normalized spacial score (nSPS) is 32.0. The van der Waals surface area contributed by atoms with Crippen LogP contribution in [0.5, 0.6) is 0 Å². The van der Waals surface area contributed by atoms with Gasteiger partial charge in [0, 0.05) is 26.2 Å². The summed E-state index contributed by atoms with van der Waals surface area (Å²) >= 11 is 0. The molecule has 2 rings (SSSR count). The monoisotopic (exact) mass is 298 g/mol.